The number of methoxy groups -OCH3 is 1. The first kappa shape index (κ1) is 34.3. The monoisotopic (exact) mass is 650 g/mol. The van der Waals surface area contributed by atoms with E-state index in [4.69, 9.17) is 18.3 Å². The Kier molecular flexibility index (Phi) is 10.5. The second-order valence-corrected chi connectivity index (χ2v) is 23.9. The van der Waals surface area contributed by atoms with E-state index in [0.29, 0.717) is 0 Å². The van der Waals surface area contributed by atoms with Gasteiger partial charge in [-0.2, -0.15) is 0 Å². The Morgan fingerprint density at radius 1 is 0.750 bits per heavy atom. The topological polar surface area (TPSA) is 71.1 Å². The number of Topliss-reactive ketones (excluding diaryl/α,β-unsaturated/α-hetero) is 1. The zero-order valence-electron chi connectivity index (χ0n) is 27.3. The van der Waals surface area contributed by atoms with Gasteiger partial charge in [0.1, 0.15) is 12.2 Å². The molecule has 3 aromatic carbocycles. The molecular weight excluding hydrogens is 605 g/mol. The molecule has 4 atom stereocenters. The predicted octanol–water partition coefficient (Wildman–Crippen LogP) is 6.58. The summed E-state index contributed by atoms with van der Waals surface area (Å²) in [7, 11) is -4.45. The van der Waals surface area contributed by atoms with Gasteiger partial charge >= 0.3 is 5.97 Å². The maximum atomic E-state index is 14.5. The second-order valence-electron chi connectivity index (χ2n) is 13.8. The highest BCUT2D eigenvalue weighted by molar-refractivity contribution is 8.00. The largest absolute Gasteiger partial charge is 0.467 e. The number of carbonyl (C=O) groups is 2. The van der Waals surface area contributed by atoms with E-state index < -0.39 is 51.4 Å². The third kappa shape index (κ3) is 6.98. The molecule has 6 nitrogen and oxygen atoms in total. The average Bonchev–Trinajstić information content (AvgIpc) is 2.98. The summed E-state index contributed by atoms with van der Waals surface area (Å²) in [6, 6.07) is 29.9. The van der Waals surface area contributed by atoms with Crippen LogP contribution in [0.3, 0.4) is 0 Å². The minimum atomic E-state index is -3.24. The molecule has 0 aliphatic carbocycles. The van der Waals surface area contributed by atoms with Crippen molar-refractivity contribution in [2.45, 2.75) is 93.4 Å². The Morgan fingerprint density at radius 2 is 1.23 bits per heavy atom. The van der Waals surface area contributed by atoms with E-state index in [9.17, 15) is 9.59 Å². The molecule has 0 amide bonds. The lowest BCUT2D eigenvalue weighted by atomic mass is 10.0. The average molecular weight is 651 g/mol. The number of ether oxygens (including phenoxy) is 2. The molecule has 0 radical (unpaired) electrons. The standard InChI is InChI=1S/C35H46O6SSi2/c1-34(2,3)43(8,9)40-29-28(36)33(42-25-19-13-10-14-20-25)39-31(32(37)38-7)30(29)41-44(35(4,5)6,26-21-15-11-16-22-26)27-23-17-12-18-24-27/h10-24,29-31,33H,1-9H3/t29-,30+,31+,33?/m1/s1. The van der Waals surface area contributed by atoms with Gasteiger partial charge in [-0.1, -0.05) is 132 Å². The van der Waals surface area contributed by atoms with Crippen LogP contribution in [0, 0.1) is 0 Å². The van der Waals surface area contributed by atoms with Crippen molar-refractivity contribution in [2.24, 2.45) is 0 Å². The Hall–Kier alpha value is -2.54. The van der Waals surface area contributed by atoms with Gasteiger partial charge in [-0.3, -0.25) is 4.79 Å². The summed E-state index contributed by atoms with van der Waals surface area (Å²) in [4.78, 5) is 29.0. The molecule has 3 aromatic rings. The highest BCUT2D eigenvalue weighted by Gasteiger charge is 2.59. The molecule has 0 spiro atoms. The number of thioether (sulfide) groups is 1. The van der Waals surface area contributed by atoms with E-state index in [1.54, 1.807) is 0 Å². The number of esters is 1. The fourth-order valence-corrected chi connectivity index (χ4v) is 12.3. The molecule has 0 bridgehead atoms. The van der Waals surface area contributed by atoms with E-state index in [1.165, 1.54) is 18.9 Å². The second kappa shape index (κ2) is 13.4. The summed E-state index contributed by atoms with van der Waals surface area (Å²) in [6.07, 6.45) is -3.27. The van der Waals surface area contributed by atoms with E-state index in [0.717, 1.165) is 15.3 Å². The van der Waals surface area contributed by atoms with Gasteiger partial charge in [0.15, 0.2) is 19.9 Å². The molecule has 0 N–H and O–H groups in total. The number of hydrogen-bond acceptors (Lipinski definition) is 7. The Labute approximate surface area is 269 Å². The maximum absolute atomic E-state index is 14.5. The summed E-state index contributed by atoms with van der Waals surface area (Å²) in [5, 5.41) is 1.45. The first-order valence-corrected chi connectivity index (χ1v) is 20.8. The molecule has 1 aliphatic heterocycles. The molecule has 1 saturated heterocycles. The molecule has 4 rings (SSSR count). The van der Waals surface area contributed by atoms with Gasteiger partial charge in [0.25, 0.3) is 8.32 Å². The molecule has 44 heavy (non-hydrogen) atoms. The van der Waals surface area contributed by atoms with Gasteiger partial charge in [-0.15, -0.1) is 0 Å². The van der Waals surface area contributed by atoms with Crippen molar-refractivity contribution in [1.82, 2.24) is 0 Å². The fraction of sp³-hybridized carbons (Fsp3) is 0.429. The van der Waals surface area contributed by atoms with E-state index in [2.05, 4.69) is 78.9 Å². The van der Waals surface area contributed by atoms with Crippen molar-refractivity contribution in [2.75, 3.05) is 7.11 Å². The molecule has 1 heterocycles. The Balaban J connectivity index is 1.93. The molecule has 1 fully saturated rings. The summed E-state index contributed by atoms with van der Waals surface area (Å²) in [6.45, 7) is 17.1. The number of rotatable bonds is 9. The fourth-order valence-electron chi connectivity index (χ4n) is 5.39. The van der Waals surface area contributed by atoms with Crippen LogP contribution in [-0.4, -0.2) is 59.2 Å². The number of benzene rings is 3. The quantitative estimate of drug-likeness (QED) is 0.191. The number of carbonyl (C=O) groups excluding carboxylic acids is 2. The van der Waals surface area contributed by atoms with Gasteiger partial charge in [-0.05, 0) is 45.7 Å². The van der Waals surface area contributed by atoms with E-state index in [1.807, 2.05) is 66.7 Å². The first-order chi connectivity index (χ1) is 20.6. The Morgan fingerprint density at radius 3 is 1.66 bits per heavy atom. The SMILES string of the molecule is COC(=O)[C@H]1OC(Sc2ccccc2)C(=O)[C@@H](O[Si](C)(C)C(C)(C)C)[C@@H]1O[Si](c1ccccc1)(c1ccccc1)C(C)(C)C. The molecule has 0 saturated carbocycles. The van der Waals surface area contributed by atoms with E-state index in [-0.39, 0.29) is 10.8 Å². The molecular formula is C35H46O6SSi2. The van der Waals surface area contributed by atoms with Crippen LogP contribution in [0.5, 0.6) is 0 Å². The van der Waals surface area contributed by atoms with Crippen molar-refractivity contribution in [1.29, 1.82) is 0 Å². The third-order valence-corrected chi connectivity index (χ3v) is 19.3. The van der Waals surface area contributed by atoms with Crippen LogP contribution in [0.1, 0.15) is 41.5 Å². The van der Waals surface area contributed by atoms with Crippen molar-refractivity contribution >= 4 is 50.5 Å². The number of ketones is 1. The predicted molar refractivity (Wildman–Crippen MR) is 183 cm³/mol. The maximum Gasteiger partial charge on any atom is 0.337 e. The summed E-state index contributed by atoms with van der Waals surface area (Å²) < 4.78 is 26.2. The minimum absolute atomic E-state index is 0.198. The first-order valence-electron chi connectivity index (χ1n) is 15.1. The van der Waals surface area contributed by atoms with Gasteiger partial charge < -0.3 is 18.3 Å². The third-order valence-electron chi connectivity index (χ3n) is 8.76. The smallest absolute Gasteiger partial charge is 0.337 e. The Bertz CT molecular complexity index is 1360. The van der Waals surface area contributed by atoms with Crippen LogP contribution < -0.4 is 10.4 Å². The van der Waals surface area contributed by atoms with Crippen LogP contribution >= 0.6 is 11.8 Å². The van der Waals surface area contributed by atoms with Crippen LogP contribution in [0.2, 0.25) is 23.2 Å². The summed E-state index contributed by atoms with van der Waals surface area (Å²) in [5.74, 6) is -0.838. The van der Waals surface area contributed by atoms with Crippen molar-refractivity contribution in [3.05, 3.63) is 91.0 Å². The molecule has 9 heteroatoms. The molecule has 236 valence electrons. The van der Waals surface area contributed by atoms with Gasteiger partial charge in [-0.25, -0.2) is 4.79 Å². The van der Waals surface area contributed by atoms with Crippen molar-refractivity contribution in [3.63, 3.8) is 0 Å². The van der Waals surface area contributed by atoms with Crippen molar-refractivity contribution in [3.8, 4) is 0 Å². The lowest BCUT2D eigenvalue weighted by Crippen LogP contribution is -2.72. The molecule has 1 unspecified atom stereocenters. The summed E-state index contributed by atoms with van der Waals surface area (Å²) in [5.41, 5.74) is -0.977. The van der Waals surface area contributed by atoms with Crippen LogP contribution in [-0.2, 0) is 27.9 Å². The van der Waals surface area contributed by atoms with Gasteiger partial charge in [0, 0.05) is 4.90 Å². The minimum Gasteiger partial charge on any atom is -0.467 e. The number of hydrogen-bond donors (Lipinski definition) is 0. The zero-order valence-corrected chi connectivity index (χ0v) is 30.1. The lowest BCUT2D eigenvalue weighted by molar-refractivity contribution is -0.184. The highest BCUT2D eigenvalue weighted by atomic mass is 32.2. The van der Waals surface area contributed by atoms with Crippen LogP contribution in [0.15, 0.2) is 95.9 Å². The summed E-state index contributed by atoms with van der Waals surface area (Å²) >= 11 is 1.27. The zero-order chi connectivity index (χ0) is 32.3. The van der Waals surface area contributed by atoms with Crippen LogP contribution in [0.4, 0.5) is 0 Å². The van der Waals surface area contributed by atoms with E-state index >= 15 is 0 Å². The van der Waals surface area contributed by atoms with Crippen molar-refractivity contribution < 1.29 is 27.9 Å². The van der Waals surface area contributed by atoms with Gasteiger partial charge in [0.2, 0.25) is 5.78 Å². The normalized spacial score (nSPS) is 21.6. The van der Waals surface area contributed by atoms with Gasteiger partial charge in [0.05, 0.1) is 7.11 Å². The van der Waals surface area contributed by atoms with Crippen LogP contribution in [0.25, 0.3) is 0 Å². The molecule has 0 aromatic heterocycles. The molecule has 1 aliphatic rings. The lowest BCUT2D eigenvalue weighted by Gasteiger charge is -2.50. The highest BCUT2D eigenvalue weighted by Crippen LogP contribution is 2.44.